The van der Waals surface area contributed by atoms with Crippen LogP contribution in [0.4, 0.5) is 0 Å². The number of carbonyl (C=O) groups is 1. The quantitative estimate of drug-likeness (QED) is 0.679. The van der Waals surface area contributed by atoms with Gasteiger partial charge in [0, 0.05) is 12.2 Å². The Balaban J connectivity index is 2.54. The first-order chi connectivity index (χ1) is 10.5. The van der Waals surface area contributed by atoms with Gasteiger partial charge in [-0.3, -0.25) is 0 Å². The van der Waals surface area contributed by atoms with Crippen LogP contribution in [-0.4, -0.2) is 36.7 Å². The summed E-state index contributed by atoms with van der Waals surface area (Å²) in [5, 5.41) is 3.82. The largest absolute Gasteiger partial charge is 0.497 e. The fourth-order valence-corrected chi connectivity index (χ4v) is 2.99. The van der Waals surface area contributed by atoms with E-state index in [9.17, 15) is 4.79 Å². The molecule has 1 heterocycles. The zero-order valence-corrected chi connectivity index (χ0v) is 14.0. The summed E-state index contributed by atoms with van der Waals surface area (Å²) >= 11 is 5.41. The van der Waals surface area contributed by atoms with Crippen molar-refractivity contribution in [1.82, 2.24) is 10.2 Å². The number of thiocarbonyl (C=S) groups is 1. The molecule has 1 aromatic carbocycles. The highest BCUT2D eigenvalue weighted by atomic mass is 32.1. The number of rotatable bonds is 4. The van der Waals surface area contributed by atoms with Gasteiger partial charge in [0.05, 0.1) is 25.8 Å². The van der Waals surface area contributed by atoms with E-state index in [0.717, 1.165) is 17.0 Å². The van der Waals surface area contributed by atoms with Crippen molar-refractivity contribution in [1.29, 1.82) is 0 Å². The molecule has 0 bridgehead atoms. The average molecular weight is 320 g/mol. The number of hydrogen-bond acceptors (Lipinski definition) is 4. The Labute approximate surface area is 135 Å². The maximum atomic E-state index is 12.3. The molecule has 0 fully saturated rings. The molecule has 1 aliphatic rings. The van der Waals surface area contributed by atoms with E-state index in [-0.39, 0.29) is 12.0 Å². The molecule has 5 nitrogen and oxygen atoms in total. The zero-order valence-electron chi connectivity index (χ0n) is 13.2. The Morgan fingerprint density at radius 1 is 1.41 bits per heavy atom. The maximum Gasteiger partial charge on any atom is 0.337 e. The molecule has 1 aliphatic heterocycles. The van der Waals surface area contributed by atoms with E-state index >= 15 is 0 Å². The molecule has 118 valence electrons. The molecule has 1 unspecified atom stereocenters. The van der Waals surface area contributed by atoms with Crippen molar-refractivity contribution in [2.75, 3.05) is 20.8 Å². The first-order valence-electron chi connectivity index (χ1n) is 7.04. The fraction of sp³-hybridized carbons (Fsp3) is 0.375. The van der Waals surface area contributed by atoms with Gasteiger partial charge in [0.2, 0.25) is 0 Å². The summed E-state index contributed by atoms with van der Waals surface area (Å²) in [6.45, 7) is 4.55. The summed E-state index contributed by atoms with van der Waals surface area (Å²) < 4.78 is 10.2. The van der Waals surface area contributed by atoms with Crippen molar-refractivity contribution >= 4 is 23.3 Å². The van der Waals surface area contributed by atoms with Crippen LogP contribution < -0.4 is 10.1 Å². The highest BCUT2D eigenvalue weighted by molar-refractivity contribution is 7.80. The lowest BCUT2D eigenvalue weighted by Gasteiger charge is -2.36. The third-order valence-electron chi connectivity index (χ3n) is 3.74. The number of benzene rings is 1. The molecular weight excluding hydrogens is 300 g/mol. The van der Waals surface area contributed by atoms with Gasteiger partial charge in [-0.05, 0) is 43.8 Å². The first kappa shape index (κ1) is 16.3. The summed E-state index contributed by atoms with van der Waals surface area (Å²) in [6, 6.07) is 7.21. The summed E-state index contributed by atoms with van der Waals surface area (Å²) in [4.78, 5) is 14.1. The molecule has 2 rings (SSSR count). The van der Waals surface area contributed by atoms with Gasteiger partial charge in [0.25, 0.3) is 0 Å². The summed E-state index contributed by atoms with van der Waals surface area (Å²) in [6.07, 6.45) is 0. The van der Waals surface area contributed by atoms with Gasteiger partial charge in [0.1, 0.15) is 5.75 Å². The Kier molecular flexibility index (Phi) is 5.03. The van der Waals surface area contributed by atoms with Gasteiger partial charge < -0.3 is 19.7 Å². The number of hydrogen-bond donors (Lipinski definition) is 1. The van der Waals surface area contributed by atoms with Crippen molar-refractivity contribution in [3.63, 3.8) is 0 Å². The molecule has 0 radical (unpaired) electrons. The predicted octanol–water partition coefficient (Wildman–Crippen LogP) is 2.39. The number of ether oxygens (including phenoxy) is 2. The summed E-state index contributed by atoms with van der Waals surface area (Å²) in [5.74, 6) is 0.365. The van der Waals surface area contributed by atoms with E-state index in [4.69, 9.17) is 21.7 Å². The molecule has 0 spiro atoms. The second-order valence-electron chi connectivity index (χ2n) is 4.89. The smallest absolute Gasteiger partial charge is 0.337 e. The molecule has 1 atom stereocenters. The third kappa shape index (κ3) is 2.92. The lowest BCUT2D eigenvalue weighted by molar-refractivity contribution is -0.136. The minimum absolute atomic E-state index is 0.349. The Hall–Kier alpha value is -2.08. The molecule has 6 heteroatoms. The monoisotopic (exact) mass is 320 g/mol. The number of carbonyl (C=O) groups excluding carboxylic acids is 1. The van der Waals surface area contributed by atoms with Gasteiger partial charge in [-0.2, -0.15) is 0 Å². The van der Waals surface area contributed by atoms with E-state index in [2.05, 4.69) is 5.32 Å². The third-order valence-corrected chi connectivity index (χ3v) is 4.08. The second-order valence-corrected chi connectivity index (χ2v) is 5.28. The van der Waals surface area contributed by atoms with Gasteiger partial charge in [-0.25, -0.2) is 4.79 Å². The topological polar surface area (TPSA) is 50.8 Å². The molecule has 0 aromatic heterocycles. The van der Waals surface area contributed by atoms with Crippen LogP contribution in [0.1, 0.15) is 25.5 Å². The van der Waals surface area contributed by atoms with E-state index < -0.39 is 0 Å². The normalized spacial score (nSPS) is 18.1. The number of methoxy groups -OCH3 is 2. The Morgan fingerprint density at radius 2 is 2.14 bits per heavy atom. The molecule has 0 amide bonds. The van der Waals surface area contributed by atoms with E-state index in [1.165, 1.54) is 7.11 Å². The lowest BCUT2D eigenvalue weighted by Crippen LogP contribution is -2.47. The number of esters is 1. The van der Waals surface area contributed by atoms with Crippen molar-refractivity contribution in [2.24, 2.45) is 0 Å². The van der Waals surface area contributed by atoms with Crippen molar-refractivity contribution < 1.29 is 14.3 Å². The molecule has 0 saturated heterocycles. The zero-order chi connectivity index (χ0) is 16.3. The van der Waals surface area contributed by atoms with Gasteiger partial charge in [-0.1, -0.05) is 12.1 Å². The predicted molar refractivity (Wildman–Crippen MR) is 88.6 cm³/mol. The van der Waals surface area contributed by atoms with Crippen molar-refractivity contribution in [2.45, 2.75) is 19.9 Å². The SMILES string of the molecule is CCN1C(=S)NC(c2cccc(OC)c2)C(C(=O)OC)=C1C. The molecule has 0 saturated carbocycles. The van der Waals surface area contributed by atoms with Crippen molar-refractivity contribution in [3.05, 3.63) is 41.1 Å². The minimum atomic E-state index is -0.362. The summed E-state index contributed by atoms with van der Waals surface area (Å²) in [7, 11) is 2.99. The number of nitrogens with one attached hydrogen (secondary N) is 1. The number of nitrogens with zero attached hydrogens (tertiary/aromatic N) is 1. The van der Waals surface area contributed by atoms with E-state index in [1.807, 2.05) is 43.0 Å². The van der Waals surface area contributed by atoms with E-state index in [1.54, 1.807) is 7.11 Å². The van der Waals surface area contributed by atoms with Crippen LogP contribution in [0.15, 0.2) is 35.5 Å². The van der Waals surface area contributed by atoms with Crippen LogP contribution in [-0.2, 0) is 9.53 Å². The molecule has 0 aliphatic carbocycles. The van der Waals surface area contributed by atoms with Crippen molar-refractivity contribution in [3.8, 4) is 5.75 Å². The van der Waals surface area contributed by atoms with Crippen LogP contribution in [0.5, 0.6) is 5.75 Å². The lowest BCUT2D eigenvalue weighted by atomic mass is 9.95. The molecule has 22 heavy (non-hydrogen) atoms. The van der Waals surface area contributed by atoms with E-state index in [0.29, 0.717) is 17.2 Å². The van der Waals surface area contributed by atoms with Gasteiger partial charge >= 0.3 is 5.97 Å². The fourth-order valence-electron chi connectivity index (χ4n) is 2.61. The van der Waals surface area contributed by atoms with Crippen LogP contribution in [0, 0.1) is 0 Å². The van der Waals surface area contributed by atoms with Gasteiger partial charge in [-0.15, -0.1) is 0 Å². The highest BCUT2D eigenvalue weighted by Gasteiger charge is 2.34. The van der Waals surface area contributed by atoms with Crippen LogP contribution in [0.3, 0.4) is 0 Å². The summed E-state index contributed by atoms with van der Waals surface area (Å²) in [5.41, 5.74) is 2.27. The van der Waals surface area contributed by atoms with Crippen LogP contribution in [0.25, 0.3) is 0 Å². The molecular formula is C16H20N2O3S. The molecule has 1 aromatic rings. The second kappa shape index (κ2) is 6.79. The van der Waals surface area contributed by atoms with Crippen LogP contribution in [0.2, 0.25) is 0 Å². The minimum Gasteiger partial charge on any atom is -0.497 e. The first-order valence-corrected chi connectivity index (χ1v) is 7.45. The maximum absolute atomic E-state index is 12.3. The standard InChI is InChI=1S/C16H20N2O3S/c1-5-18-10(2)13(15(19)21-4)14(17-16(18)22)11-7-6-8-12(9-11)20-3/h6-9,14H,5H2,1-4H3,(H,17,22). The number of allylic oxidation sites excluding steroid dienone is 1. The average Bonchev–Trinajstić information content (AvgIpc) is 2.54. The molecule has 1 N–H and O–H groups in total. The Bertz CT molecular complexity index is 628. The van der Waals surface area contributed by atoms with Gasteiger partial charge in [0.15, 0.2) is 5.11 Å². The Morgan fingerprint density at radius 3 is 2.73 bits per heavy atom. The van der Waals surface area contributed by atoms with Crippen LogP contribution >= 0.6 is 12.2 Å². The highest BCUT2D eigenvalue weighted by Crippen LogP contribution is 2.32.